The van der Waals surface area contributed by atoms with Crippen LogP contribution in [-0.2, 0) is 10.0 Å². The van der Waals surface area contributed by atoms with Crippen LogP contribution in [0.25, 0.3) is 11.3 Å². The number of sulfonamides is 1. The zero-order valence-corrected chi connectivity index (χ0v) is 16.3. The van der Waals surface area contributed by atoms with Crippen LogP contribution in [0.1, 0.15) is 0 Å². The Morgan fingerprint density at radius 1 is 1.12 bits per heavy atom. The predicted octanol–water partition coefficient (Wildman–Crippen LogP) is 4.28. The molecule has 0 unspecified atom stereocenters. The van der Waals surface area contributed by atoms with E-state index in [0.29, 0.717) is 22.8 Å². The average molecular weight is 411 g/mol. The molecule has 0 bridgehead atoms. The normalized spacial score (nSPS) is 11.2. The van der Waals surface area contributed by atoms with Crippen molar-refractivity contribution in [2.75, 3.05) is 18.9 Å². The highest BCUT2D eigenvalue weighted by molar-refractivity contribution is 7.93. The standard InChI is InChI=1S/C17H15ClN2O4S2/c1-23-11-7-8-15(24-2)12(9-11)14-10-25-17(19-14)20-26(21,22)16-6-4-3-5-13(16)18/h3-10H,1-2H3,(H,19,20). The van der Waals surface area contributed by atoms with E-state index in [9.17, 15) is 8.42 Å². The third-order valence-electron chi connectivity index (χ3n) is 3.53. The van der Waals surface area contributed by atoms with Crippen molar-refractivity contribution in [2.24, 2.45) is 0 Å². The zero-order chi connectivity index (χ0) is 18.7. The summed E-state index contributed by atoms with van der Waals surface area (Å²) in [6, 6.07) is 11.5. The summed E-state index contributed by atoms with van der Waals surface area (Å²) in [5.74, 6) is 1.25. The summed E-state index contributed by atoms with van der Waals surface area (Å²) < 4.78 is 38.1. The summed E-state index contributed by atoms with van der Waals surface area (Å²) in [6.45, 7) is 0. The summed E-state index contributed by atoms with van der Waals surface area (Å²) in [5.41, 5.74) is 1.27. The largest absolute Gasteiger partial charge is 0.497 e. The van der Waals surface area contributed by atoms with Gasteiger partial charge in [-0.15, -0.1) is 11.3 Å². The van der Waals surface area contributed by atoms with Crippen LogP contribution < -0.4 is 14.2 Å². The van der Waals surface area contributed by atoms with Gasteiger partial charge in [0.2, 0.25) is 0 Å². The van der Waals surface area contributed by atoms with Crippen molar-refractivity contribution in [3.05, 3.63) is 52.9 Å². The molecule has 6 nitrogen and oxygen atoms in total. The third kappa shape index (κ3) is 3.77. The van der Waals surface area contributed by atoms with Crippen LogP contribution in [0, 0.1) is 0 Å². The second-order valence-corrected chi connectivity index (χ2v) is 8.06. The molecule has 9 heteroatoms. The summed E-state index contributed by atoms with van der Waals surface area (Å²) in [4.78, 5) is 4.35. The van der Waals surface area contributed by atoms with Crippen LogP contribution >= 0.6 is 22.9 Å². The molecule has 0 spiro atoms. The number of thiazole rings is 1. The Morgan fingerprint density at radius 3 is 2.58 bits per heavy atom. The number of hydrogen-bond acceptors (Lipinski definition) is 6. The summed E-state index contributed by atoms with van der Waals surface area (Å²) in [7, 11) is -0.712. The van der Waals surface area contributed by atoms with E-state index >= 15 is 0 Å². The lowest BCUT2D eigenvalue weighted by Crippen LogP contribution is -2.13. The van der Waals surface area contributed by atoms with Gasteiger partial charge in [0.05, 0.1) is 24.9 Å². The molecule has 136 valence electrons. The molecule has 0 radical (unpaired) electrons. The number of nitrogens with zero attached hydrogens (tertiary/aromatic N) is 1. The molecule has 0 aliphatic heterocycles. The molecule has 3 aromatic rings. The van der Waals surface area contributed by atoms with Gasteiger partial charge in [-0.25, -0.2) is 13.4 Å². The number of nitrogens with one attached hydrogen (secondary N) is 1. The van der Waals surface area contributed by atoms with Crippen molar-refractivity contribution in [2.45, 2.75) is 4.90 Å². The SMILES string of the molecule is COc1ccc(OC)c(-c2csc(NS(=O)(=O)c3ccccc3Cl)n2)c1. The van der Waals surface area contributed by atoms with Gasteiger partial charge in [-0.3, -0.25) is 4.72 Å². The molecule has 1 heterocycles. The van der Waals surface area contributed by atoms with E-state index in [4.69, 9.17) is 21.1 Å². The van der Waals surface area contributed by atoms with E-state index in [2.05, 4.69) is 9.71 Å². The summed E-state index contributed by atoms with van der Waals surface area (Å²) >= 11 is 7.15. The molecule has 1 aromatic heterocycles. The molecule has 0 aliphatic carbocycles. The molecule has 0 atom stereocenters. The van der Waals surface area contributed by atoms with E-state index in [-0.39, 0.29) is 15.0 Å². The maximum Gasteiger partial charge on any atom is 0.265 e. The minimum Gasteiger partial charge on any atom is -0.497 e. The first kappa shape index (κ1) is 18.5. The Kier molecular flexibility index (Phi) is 5.36. The van der Waals surface area contributed by atoms with Gasteiger partial charge in [0.1, 0.15) is 16.4 Å². The van der Waals surface area contributed by atoms with Crippen molar-refractivity contribution in [1.82, 2.24) is 4.98 Å². The quantitative estimate of drug-likeness (QED) is 0.656. The van der Waals surface area contributed by atoms with E-state index in [1.54, 1.807) is 49.9 Å². The minimum atomic E-state index is -3.83. The molecule has 2 aromatic carbocycles. The first-order valence-corrected chi connectivity index (χ1v) is 10.1. The Morgan fingerprint density at radius 2 is 1.88 bits per heavy atom. The fourth-order valence-electron chi connectivity index (χ4n) is 2.29. The van der Waals surface area contributed by atoms with E-state index in [1.807, 2.05) is 0 Å². The van der Waals surface area contributed by atoms with Crippen molar-refractivity contribution in [3.8, 4) is 22.8 Å². The molecule has 0 saturated carbocycles. The Bertz CT molecular complexity index is 1030. The number of methoxy groups -OCH3 is 2. The number of benzene rings is 2. The Hall–Kier alpha value is -2.29. The van der Waals surface area contributed by atoms with Gasteiger partial charge >= 0.3 is 0 Å². The molecule has 1 N–H and O–H groups in total. The van der Waals surface area contributed by atoms with Crippen molar-refractivity contribution in [1.29, 1.82) is 0 Å². The fraction of sp³-hybridized carbons (Fsp3) is 0.118. The number of aromatic nitrogens is 1. The lowest BCUT2D eigenvalue weighted by atomic mass is 10.1. The second-order valence-electron chi connectivity index (χ2n) is 5.14. The molecule has 0 aliphatic rings. The van der Waals surface area contributed by atoms with E-state index < -0.39 is 10.0 Å². The lowest BCUT2D eigenvalue weighted by molar-refractivity contribution is 0.404. The van der Waals surface area contributed by atoms with Crippen LogP contribution in [0.4, 0.5) is 5.13 Å². The molecule has 26 heavy (non-hydrogen) atoms. The number of halogens is 1. The number of rotatable bonds is 6. The molecule has 0 fully saturated rings. The van der Waals surface area contributed by atoms with Gasteiger partial charge in [-0.2, -0.15) is 0 Å². The maximum atomic E-state index is 12.5. The molecule has 0 saturated heterocycles. The summed E-state index contributed by atoms with van der Waals surface area (Å²) in [6.07, 6.45) is 0. The number of hydrogen-bond donors (Lipinski definition) is 1. The topological polar surface area (TPSA) is 77.5 Å². The number of ether oxygens (including phenoxy) is 2. The van der Waals surface area contributed by atoms with Gasteiger partial charge in [-0.1, -0.05) is 23.7 Å². The highest BCUT2D eigenvalue weighted by Gasteiger charge is 2.20. The fourth-order valence-corrected chi connectivity index (χ4v) is 4.78. The minimum absolute atomic E-state index is 0.00243. The first-order chi connectivity index (χ1) is 12.4. The van der Waals surface area contributed by atoms with Gasteiger partial charge in [-0.05, 0) is 30.3 Å². The highest BCUT2D eigenvalue weighted by Crippen LogP contribution is 2.35. The van der Waals surface area contributed by atoms with Gasteiger partial charge in [0.25, 0.3) is 10.0 Å². The average Bonchev–Trinajstić information content (AvgIpc) is 3.08. The Balaban J connectivity index is 1.93. The third-order valence-corrected chi connectivity index (χ3v) is 6.26. The van der Waals surface area contributed by atoms with Gasteiger partial charge < -0.3 is 9.47 Å². The Labute approximate surface area is 160 Å². The van der Waals surface area contributed by atoms with Crippen LogP contribution in [0.3, 0.4) is 0 Å². The molecular weight excluding hydrogens is 396 g/mol. The summed E-state index contributed by atoms with van der Waals surface area (Å²) in [5, 5.41) is 2.11. The van der Waals surface area contributed by atoms with Crippen LogP contribution in [0.2, 0.25) is 5.02 Å². The van der Waals surface area contributed by atoms with Gasteiger partial charge in [0, 0.05) is 10.9 Å². The van der Waals surface area contributed by atoms with Crippen molar-refractivity contribution in [3.63, 3.8) is 0 Å². The zero-order valence-electron chi connectivity index (χ0n) is 13.9. The molecule has 0 amide bonds. The van der Waals surface area contributed by atoms with Crippen molar-refractivity contribution >= 4 is 38.1 Å². The van der Waals surface area contributed by atoms with Crippen molar-refractivity contribution < 1.29 is 17.9 Å². The van der Waals surface area contributed by atoms with Crippen LogP contribution in [0.5, 0.6) is 11.5 Å². The monoisotopic (exact) mass is 410 g/mol. The van der Waals surface area contributed by atoms with Gasteiger partial charge in [0.15, 0.2) is 5.13 Å². The molecular formula is C17H15ClN2O4S2. The van der Waals surface area contributed by atoms with Crippen LogP contribution in [-0.4, -0.2) is 27.6 Å². The highest BCUT2D eigenvalue weighted by atomic mass is 35.5. The maximum absolute atomic E-state index is 12.5. The number of anilines is 1. The van der Waals surface area contributed by atoms with E-state index in [1.165, 1.54) is 12.1 Å². The lowest BCUT2D eigenvalue weighted by Gasteiger charge is -2.09. The van der Waals surface area contributed by atoms with Crippen LogP contribution in [0.15, 0.2) is 52.7 Å². The first-order valence-electron chi connectivity index (χ1n) is 7.40. The molecule has 3 rings (SSSR count). The second kappa shape index (κ2) is 7.53. The smallest absolute Gasteiger partial charge is 0.265 e. The van der Waals surface area contributed by atoms with E-state index in [0.717, 1.165) is 11.3 Å². The predicted molar refractivity (Wildman–Crippen MR) is 103 cm³/mol.